The number of anilines is 1. The lowest BCUT2D eigenvalue weighted by Gasteiger charge is -2.43. The van der Waals surface area contributed by atoms with E-state index in [4.69, 9.17) is 0 Å². The third-order valence-electron chi connectivity index (χ3n) is 6.78. The monoisotopic (exact) mass is 520 g/mol. The predicted octanol–water partition coefficient (Wildman–Crippen LogP) is 2.96. The summed E-state index contributed by atoms with van der Waals surface area (Å²) < 4.78 is 14.8. The average molecular weight is 521 g/mol. The van der Waals surface area contributed by atoms with Crippen LogP contribution in [0.5, 0.6) is 0 Å². The molecule has 3 amide bonds. The van der Waals surface area contributed by atoms with Crippen molar-refractivity contribution in [3.63, 3.8) is 0 Å². The first-order valence-electron chi connectivity index (χ1n) is 12.6. The lowest BCUT2D eigenvalue weighted by Crippen LogP contribution is -2.64. The van der Waals surface area contributed by atoms with E-state index in [0.29, 0.717) is 13.0 Å². The molecule has 9 nitrogen and oxygen atoms in total. The van der Waals surface area contributed by atoms with Gasteiger partial charge in [0, 0.05) is 39.4 Å². The summed E-state index contributed by atoms with van der Waals surface area (Å²) in [5.74, 6) is -1.57. The highest BCUT2D eigenvalue weighted by atomic mass is 19.1. The van der Waals surface area contributed by atoms with Crippen LogP contribution in [0.3, 0.4) is 0 Å². The fourth-order valence-electron chi connectivity index (χ4n) is 4.58. The van der Waals surface area contributed by atoms with Gasteiger partial charge in [-0.3, -0.25) is 14.4 Å². The molecule has 2 heterocycles. The molecular weight excluding hydrogens is 487 g/mol. The zero-order valence-electron chi connectivity index (χ0n) is 22.1. The van der Waals surface area contributed by atoms with Gasteiger partial charge in [-0.05, 0) is 48.7 Å². The molecule has 0 radical (unpaired) electrons. The first-order valence-corrected chi connectivity index (χ1v) is 12.6. The van der Waals surface area contributed by atoms with Crippen molar-refractivity contribution in [3.8, 4) is 0 Å². The summed E-state index contributed by atoms with van der Waals surface area (Å²) in [7, 11) is 3.91. The molecule has 4 rings (SSSR count). The van der Waals surface area contributed by atoms with Gasteiger partial charge in [0.15, 0.2) is 5.69 Å². The van der Waals surface area contributed by atoms with Gasteiger partial charge in [-0.1, -0.05) is 31.2 Å². The molecule has 1 aliphatic heterocycles. The number of nitrogens with zero attached hydrogens (tertiary/aromatic N) is 4. The Kier molecular flexibility index (Phi) is 7.80. The minimum absolute atomic E-state index is 0.0368. The van der Waals surface area contributed by atoms with Gasteiger partial charge < -0.3 is 25.0 Å². The highest BCUT2D eigenvalue weighted by molar-refractivity contribution is 6.07. The van der Waals surface area contributed by atoms with Gasteiger partial charge in [0.05, 0.1) is 12.9 Å². The third kappa shape index (κ3) is 5.39. The maximum atomic E-state index is 13.7. The zero-order chi connectivity index (χ0) is 27.4. The summed E-state index contributed by atoms with van der Waals surface area (Å²) in [6, 6.07) is 13.7. The smallest absolute Gasteiger partial charge is 0.273 e. The molecule has 0 fully saturated rings. The van der Waals surface area contributed by atoms with Gasteiger partial charge in [-0.2, -0.15) is 0 Å². The Morgan fingerprint density at radius 3 is 2.24 bits per heavy atom. The van der Waals surface area contributed by atoms with Gasteiger partial charge in [-0.25, -0.2) is 9.37 Å². The van der Waals surface area contributed by atoms with Crippen LogP contribution < -0.4 is 15.5 Å². The van der Waals surface area contributed by atoms with E-state index in [1.165, 1.54) is 23.4 Å². The molecule has 38 heavy (non-hydrogen) atoms. The summed E-state index contributed by atoms with van der Waals surface area (Å²) in [5, 5.41) is 5.72. The van der Waals surface area contributed by atoms with E-state index in [0.717, 1.165) is 16.8 Å². The molecular formula is C28H33FN6O3. The molecule has 2 N–H and O–H groups in total. The number of carbonyl (C=O) groups is 3. The second kappa shape index (κ2) is 11.0. The van der Waals surface area contributed by atoms with Crippen LogP contribution in [-0.2, 0) is 24.4 Å². The number of hydrogen-bond acceptors (Lipinski definition) is 5. The van der Waals surface area contributed by atoms with Crippen molar-refractivity contribution in [1.82, 2.24) is 25.1 Å². The predicted molar refractivity (Wildman–Crippen MR) is 142 cm³/mol. The molecule has 10 heteroatoms. The lowest BCUT2D eigenvalue weighted by atomic mass is 9.94. The number of amides is 3. The number of halogens is 1. The maximum Gasteiger partial charge on any atom is 0.273 e. The van der Waals surface area contributed by atoms with Crippen molar-refractivity contribution in [3.05, 3.63) is 83.2 Å². The Labute approximate surface area is 221 Å². The van der Waals surface area contributed by atoms with Gasteiger partial charge in [-0.15, -0.1) is 0 Å². The van der Waals surface area contributed by atoms with Crippen LogP contribution in [0, 0.1) is 5.82 Å². The Morgan fingerprint density at radius 1 is 1.03 bits per heavy atom. The third-order valence-corrected chi connectivity index (χ3v) is 6.78. The highest BCUT2D eigenvalue weighted by Crippen LogP contribution is 2.29. The van der Waals surface area contributed by atoms with E-state index >= 15 is 0 Å². The molecule has 1 aromatic heterocycles. The minimum atomic E-state index is -1.19. The minimum Gasteiger partial charge on any atom is -0.378 e. The van der Waals surface area contributed by atoms with Gasteiger partial charge in [0.1, 0.15) is 17.1 Å². The number of carbonyl (C=O) groups excluding carboxylic acids is 3. The largest absolute Gasteiger partial charge is 0.378 e. The summed E-state index contributed by atoms with van der Waals surface area (Å²) >= 11 is 0. The number of nitrogens with one attached hydrogen (secondary N) is 2. The Hall–Kier alpha value is -4.21. The summed E-state index contributed by atoms with van der Waals surface area (Å²) in [4.78, 5) is 47.8. The highest BCUT2D eigenvalue weighted by Gasteiger charge is 2.48. The summed E-state index contributed by atoms with van der Waals surface area (Å²) in [6.07, 6.45) is 2.06. The first kappa shape index (κ1) is 26.8. The Bertz CT molecular complexity index is 1320. The van der Waals surface area contributed by atoms with E-state index in [-0.39, 0.29) is 42.7 Å². The number of benzene rings is 2. The van der Waals surface area contributed by atoms with Crippen LogP contribution in [-0.4, -0.2) is 58.4 Å². The topological polar surface area (TPSA) is 99.6 Å². The van der Waals surface area contributed by atoms with Crippen molar-refractivity contribution < 1.29 is 18.8 Å². The van der Waals surface area contributed by atoms with E-state index in [9.17, 15) is 18.8 Å². The molecule has 2 aromatic carbocycles. The SMILES string of the molecule is CCCN1C(=O)c2c(C(=O)NCc3ccc(N(C)C)cc3)ncn2C[C@@]1(C)C(=O)NCc1ccc(F)cc1. The van der Waals surface area contributed by atoms with Crippen molar-refractivity contribution in [1.29, 1.82) is 0 Å². The van der Waals surface area contributed by atoms with Crippen molar-refractivity contribution in [2.45, 2.75) is 45.4 Å². The van der Waals surface area contributed by atoms with Crippen molar-refractivity contribution in [2.24, 2.45) is 0 Å². The molecule has 1 atom stereocenters. The molecule has 0 saturated heterocycles. The maximum absolute atomic E-state index is 13.7. The van der Waals surface area contributed by atoms with Crippen LogP contribution in [0.15, 0.2) is 54.9 Å². The van der Waals surface area contributed by atoms with Gasteiger partial charge in [0.25, 0.3) is 11.8 Å². The molecule has 0 spiro atoms. The van der Waals surface area contributed by atoms with E-state index in [1.54, 1.807) is 23.6 Å². The Morgan fingerprint density at radius 2 is 1.63 bits per heavy atom. The standard InChI is InChI=1S/C28H33FN6O3/c1-5-14-35-26(37)24-23(25(36)30-15-20-8-12-22(13-9-20)33(3)4)32-18-34(24)17-28(35,2)27(38)31-16-19-6-10-21(29)11-7-19/h6-13,18H,5,14-17H2,1-4H3,(H,30,36)(H,31,38)/t28-/m0/s1. The second-order valence-corrected chi connectivity index (χ2v) is 9.85. The van der Waals surface area contributed by atoms with Crippen LogP contribution >= 0.6 is 0 Å². The van der Waals surface area contributed by atoms with E-state index in [2.05, 4.69) is 15.6 Å². The number of imidazole rings is 1. The fourth-order valence-corrected chi connectivity index (χ4v) is 4.58. The molecule has 0 aliphatic carbocycles. The molecule has 0 bridgehead atoms. The van der Waals surface area contributed by atoms with Gasteiger partial charge in [0.2, 0.25) is 5.91 Å². The van der Waals surface area contributed by atoms with Crippen LogP contribution in [0.4, 0.5) is 10.1 Å². The fraction of sp³-hybridized carbons (Fsp3) is 0.357. The van der Waals surface area contributed by atoms with Crippen LogP contribution in [0.25, 0.3) is 0 Å². The van der Waals surface area contributed by atoms with E-state index in [1.807, 2.05) is 50.2 Å². The number of hydrogen-bond donors (Lipinski definition) is 2. The average Bonchev–Trinajstić information content (AvgIpc) is 3.33. The van der Waals surface area contributed by atoms with E-state index < -0.39 is 17.4 Å². The number of aromatic nitrogens is 2. The lowest BCUT2D eigenvalue weighted by molar-refractivity contribution is -0.133. The molecule has 3 aromatic rings. The Balaban J connectivity index is 1.50. The van der Waals surface area contributed by atoms with Gasteiger partial charge >= 0.3 is 0 Å². The molecule has 0 saturated carbocycles. The van der Waals surface area contributed by atoms with Crippen LogP contribution in [0.1, 0.15) is 52.4 Å². The number of rotatable bonds is 9. The normalized spacial score (nSPS) is 16.7. The molecule has 1 aliphatic rings. The van der Waals surface area contributed by atoms with Crippen molar-refractivity contribution >= 4 is 23.4 Å². The zero-order valence-corrected chi connectivity index (χ0v) is 22.1. The van der Waals surface area contributed by atoms with Crippen molar-refractivity contribution in [2.75, 3.05) is 25.5 Å². The second-order valence-electron chi connectivity index (χ2n) is 9.85. The quantitative estimate of drug-likeness (QED) is 0.452. The summed E-state index contributed by atoms with van der Waals surface area (Å²) in [5.41, 5.74) is 1.72. The first-order chi connectivity index (χ1) is 18.1. The number of fused-ring (bicyclic) bond motifs is 1. The summed E-state index contributed by atoms with van der Waals surface area (Å²) in [6.45, 7) is 4.60. The van der Waals surface area contributed by atoms with Crippen LogP contribution in [0.2, 0.25) is 0 Å². The molecule has 200 valence electrons. The molecule has 0 unspecified atom stereocenters.